The fourth-order valence-electron chi connectivity index (χ4n) is 3.57. The predicted molar refractivity (Wildman–Crippen MR) is 101 cm³/mol. The second-order valence-corrected chi connectivity index (χ2v) is 7.84. The Bertz CT molecular complexity index is 598. The number of nitrogens with zero attached hydrogens (tertiary/aromatic N) is 1. The molecular formula is C20H27NO3S. The number of ether oxygens (including phenoxy) is 2. The number of carbonyl (C=O) groups excluding carboxylic acids is 1. The van der Waals surface area contributed by atoms with Crippen LogP contribution in [0.2, 0.25) is 0 Å². The zero-order valence-electron chi connectivity index (χ0n) is 15.0. The third-order valence-corrected chi connectivity index (χ3v) is 6.29. The lowest BCUT2D eigenvalue weighted by Crippen LogP contribution is -2.50. The van der Waals surface area contributed by atoms with Gasteiger partial charge in [-0.15, -0.1) is 11.8 Å². The van der Waals surface area contributed by atoms with Crippen LogP contribution in [0.4, 0.5) is 0 Å². The third kappa shape index (κ3) is 4.66. The lowest BCUT2D eigenvalue weighted by molar-refractivity contribution is -0.151. The molecule has 1 fully saturated rings. The maximum atomic E-state index is 12.6. The normalized spacial score (nSPS) is 27.6. The summed E-state index contributed by atoms with van der Waals surface area (Å²) in [7, 11) is 0. The second kappa shape index (κ2) is 8.88. The summed E-state index contributed by atoms with van der Waals surface area (Å²) in [5.74, 6) is -0.177. The fourth-order valence-corrected chi connectivity index (χ4v) is 4.78. The van der Waals surface area contributed by atoms with Crippen LogP contribution in [0.5, 0.6) is 0 Å². The molecule has 3 rings (SSSR count). The largest absolute Gasteiger partial charge is 0.466 e. The van der Waals surface area contributed by atoms with Gasteiger partial charge in [-0.3, -0.25) is 9.69 Å². The van der Waals surface area contributed by atoms with Crippen LogP contribution in [0.1, 0.15) is 20.3 Å². The number of hydrogen-bond acceptors (Lipinski definition) is 5. The molecule has 2 aliphatic rings. The molecule has 1 heterocycles. The highest BCUT2D eigenvalue weighted by atomic mass is 32.2. The van der Waals surface area contributed by atoms with Crippen LogP contribution in [0.3, 0.4) is 0 Å². The maximum Gasteiger partial charge on any atom is 0.310 e. The molecule has 1 saturated heterocycles. The van der Waals surface area contributed by atoms with E-state index in [-0.39, 0.29) is 17.9 Å². The van der Waals surface area contributed by atoms with Crippen molar-refractivity contribution in [2.75, 3.05) is 32.9 Å². The average Bonchev–Trinajstić information content (AvgIpc) is 2.65. The molecule has 1 aliphatic carbocycles. The molecule has 0 spiro atoms. The summed E-state index contributed by atoms with van der Waals surface area (Å²) in [5, 5.41) is 0.314. The number of carbonyl (C=O) groups is 1. The summed E-state index contributed by atoms with van der Waals surface area (Å²) >= 11 is 1.84. The first-order chi connectivity index (χ1) is 12.2. The van der Waals surface area contributed by atoms with Crippen LogP contribution in [0.25, 0.3) is 0 Å². The van der Waals surface area contributed by atoms with Gasteiger partial charge in [-0.05, 0) is 32.4 Å². The van der Waals surface area contributed by atoms with Crippen LogP contribution < -0.4 is 0 Å². The lowest BCUT2D eigenvalue weighted by Gasteiger charge is -2.41. The van der Waals surface area contributed by atoms with Crippen LogP contribution in [0, 0.1) is 5.92 Å². The van der Waals surface area contributed by atoms with E-state index in [2.05, 4.69) is 42.2 Å². The SMILES string of the molecule is CCOC(=O)[C@H]1C[C@@H](Sc2ccccc2)C(C)=C[C@H]1N1CCOCC1. The summed E-state index contributed by atoms with van der Waals surface area (Å²) in [6.07, 6.45) is 3.11. The number of rotatable bonds is 5. The number of benzene rings is 1. The van der Waals surface area contributed by atoms with Crippen molar-refractivity contribution in [3.8, 4) is 0 Å². The van der Waals surface area contributed by atoms with E-state index in [4.69, 9.17) is 9.47 Å². The Labute approximate surface area is 154 Å². The van der Waals surface area contributed by atoms with Gasteiger partial charge in [0.2, 0.25) is 0 Å². The molecule has 25 heavy (non-hydrogen) atoms. The van der Waals surface area contributed by atoms with E-state index in [1.165, 1.54) is 10.5 Å². The zero-order chi connectivity index (χ0) is 17.6. The van der Waals surface area contributed by atoms with Crippen molar-refractivity contribution in [1.29, 1.82) is 0 Å². The maximum absolute atomic E-state index is 12.6. The van der Waals surface area contributed by atoms with Gasteiger partial charge in [0.05, 0.1) is 25.7 Å². The van der Waals surface area contributed by atoms with E-state index < -0.39 is 0 Å². The fraction of sp³-hybridized carbons (Fsp3) is 0.550. The highest BCUT2D eigenvalue weighted by molar-refractivity contribution is 8.00. The number of hydrogen-bond donors (Lipinski definition) is 0. The van der Waals surface area contributed by atoms with Gasteiger partial charge in [0.25, 0.3) is 0 Å². The Balaban J connectivity index is 1.80. The molecule has 1 aliphatic heterocycles. The molecule has 0 N–H and O–H groups in total. The molecule has 0 saturated carbocycles. The van der Waals surface area contributed by atoms with E-state index in [1.54, 1.807) is 0 Å². The van der Waals surface area contributed by atoms with Gasteiger partial charge in [0.15, 0.2) is 0 Å². The van der Waals surface area contributed by atoms with Gasteiger partial charge in [-0.2, -0.15) is 0 Å². The molecule has 0 unspecified atom stereocenters. The minimum absolute atomic E-state index is 0.0681. The molecule has 136 valence electrons. The van der Waals surface area contributed by atoms with E-state index in [9.17, 15) is 4.79 Å². The summed E-state index contributed by atoms with van der Waals surface area (Å²) in [4.78, 5) is 16.3. The second-order valence-electron chi connectivity index (χ2n) is 6.56. The van der Waals surface area contributed by atoms with Gasteiger partial charge >= 0.3 is 5.97 Å². The number of morpholine rings is 1. The van der Waals surface area contributed by atoms with Crippen molar-refractivity contribution in [2.24, 2.45) is 5.92 Å². The van der Waals surface area contributed by atoms with Crippen LogP contribution >= 0.6 is 11.8 Å². The molecule has 0 amide bonds. The monoisotopic (exact) mass is 361 g/mol. The molecule has 0 bridgehead atoms. The van der Waals surface area contributed by atoms with E-state index in [0.717, 1.165) is 32.7 Å². The van der Waals surface area contributed by atoms with Crippen molar-refractivity contribution >= 4 is 17.7 Å². The van der Waals surface area contributed by atoms with E-state index in [0.29, 0.717) is 11.9 Å². The summed E-state index contributed by atoms with van der Waals surface area (Å²) in [6, 6.07) is 10.5. The minimum Gasteiger partial charge on any atom is -0.466 e. The lowest BCUT2D eigenvalue weighted by atomic mass is 9.84. The predicted octanol–water partition coefficient (Wildman–Crippen LogP) is 3.38. The highest BCUT2D eigenvalue weighted by Gasteiger charge is 2.39. The zero-order valence-corrected chi connectivity index (χ0v) is 15.8. The average molecular weight is 362 g/mol. The topological polar surface area (TPSA) is 38.8 Å². The van der Waals surface area contributed by atoms with Gasteiger partial charge in [0.1, 0.15) is 0 Å². The smallest absolute Gasteiger partial charge is 0.310 e. The molecule has 0 aromatic heterocycles. The molecule has 0 radical (unpaired) electrons. The molecule has 5 heteroatoms. The molecule has 1 aromatic rings. The Kier molecular flexibility index (Phi) is 6.57. The Morgan fingerprint density at radius 1 is 1.28 bits per heavy atom. The third-order valence-electron chi connectivity index (χ3n) is 4.90. The van der Waals surface area contributed by atoms with Crippen molar-refractivity contribution in [1.82, 2.24) is 4.90 Å². The van der Waals surface area contributed by atoms with Crippen molar-refractivity contribution in [2.45, 2.75) is 36.5 Å². The van der Waals surface area contributed by atoms with E-state index in [1.807, 2.05) is 24.8 Å². The number of thioether (sulfide) groups is 1. The van der Waals surface area contributed by atoms with Crippen LogP contribution in [0.15, 0.2) is 46.9 Å². The van der Waals surface area contributed by atoms with Crippen molar-refractivity contribution < 1.29 is 14.3 Å². The standard InChI is InChI=1S/C20H27NO3S/c1-3-24-20(22)17-14-19(25-16-7-5-4-6-8-16)15(2)13-18(17)21-9-11-23-12-10-21/h4-8,13,17-19H,3,9-12,14H2,1-2H3/t17-,18+,19+/m0/s1. The first kappa shape index (κ1) is 18.5. The van der Waals surface area contributed by atoms with Crippen molar-refractivity contribution in [3.63, 3.8) is 0 Å². The first-order valence-corrected chi connectivity index (χ1v) is 9.95. The molecule has 3 atom stereocenters. The van der Waals surface area contributed by atoms with Crippen LogP contribution in [-0.4, -0.2) is 55.1 Å². The van der Waals surface area contributed by atoms with E-state index >= 15 is 0 Å². The quantitative estimate of drug-likeness (QED) is 0.594. The Morgan fingerprint density at radius 3 is 2.68 bits per heavy atom. The summed E-state index contributed by atoms with van der Waals surface area (Å²) in [6.45, 7) is 7.73. The molecular weight excluding hydrogens is 334 g/mol. The van der Waals surface area contributed by atoms with Gasteiger partial charge in [0, 0.05) is 29.3 Å². The minimum atomic E-state index is -0.108. The number of esters is 1. The Morgan fingerprint density at radius 2 is 2.00 bits per heavy atom. The van der Waals surface area contributed by atoms with Gasteiger partial charge in [-0.1, -0.05) is 29.8 Å². The summed E-state index contributed by atoms with van der Waals surface area (Å²) in [5.41, 5.74) is 1.35. The van der Waals surface area contributed by atoms with Crippen LogP contribution in [-0.2, 0) is 14.3 Å². The summed E-state index contributed by atoms with van der Waals surface area (Å²) < 4.78 is 10.9. The molecule has 4 nitrogen and oxygen atoms in total. The Hall–Kier alpha value is -1.30. The highest BCUT2D eigenvalue weighted by Crippen LogP contribution is 2.38. The van der Waals surface area contributed by atoms with Crippen molar-refractivity contribution in [3.05, 3.63) is 42.0 Å². The molecule has 1 aromatic carbocycles. The van der Waals surface area contributed by atoms with Gasteiger partial charge < -0.3 is 9.47 Å². The van der Waals surface area contributed by atoms with Gasteiger partial charge in [-0.25, -0.2) is 0 Å². The first-order valence-electron chi connectivity index (χ1n) is 9.07.